The van der Waals surface area contributed by atoms with Crippen molar-refractivity contribution in [1.29, 1.82) is 0 Å². The number of halogens is 4. The number of allylic oxidation sites excluding steroid dienone is 1. The van der Waals surface area contributed by atoms with Crippen LogP contribution in [0.15, 0.2) is 69.6 Å². The average molecular weight is 600 g/mol. The van der Waals surface area contributed by atoms with E-state index in [0.29, 0.717) is 3.63 Å². The summed E-state index contributed by atoms with van der Waals surface area (Å²) in [5.41, 5.74) is 8.80. The molecule has 0 aromatic heterocycles. The van der Waals surface area contributed by atoms with E-state index in [1.54, 1.807) is 8.83 Å². The minimum absolute atomic E-state index is 0. The van der Waals surface area contributed by atoms with Gasteiger partial charge in [0.15, 0.2) is 0 Å². The van der Waals surface area contributed by atoms with Crippen molar-refractivity contribution in [2.45, 2.75) is 10.0 Å². The summed E-state index contributed by atoms with van der Waals surface area (Å²) in [6.45, 7) is 0. The maximum absolute atomic E-state index is 3.87. The zero-order valence-corrected chi connectivity index (χ0v) is 21.3. The molecule has 0 bridgehead atoms. The molecule has 0 saturated heterocycles. The van der Waals surface area contributed by atoms with Gasteiger partial charge in [-0.15, -0.1) is 0 Å². The zero-order valence-electron chi connectivity index (χ0n) is 14.1. The molecular formula is C22H14Br2Cl2Zr. The van der Waals surface area contributed by atoms with Gasteiger partial charge < -0.3 is 24.8 Å². The van der Waals surface area contributed by atoms with E-state index in [-0.39, 0.29) is 24.8 Å². The van der Waals surface area contributed by atoms with Crippen molar-refractivity contribution < 1.29 is 48.0 Å². The Hall–Kier alpha value is -0.177. The molecular weight excluding hydrogens is 586 g/mol. The van der Waals surface area contributed by atoms with Crippen LogP contribution < -0.4 is 28.1 Å². The van der Waals surface area contributed by atoms with Crippen LogP contribution in [0.3, 0.4) is 0 Å². The van der Waals surface area contributed by atoms with E-state index in [1.165, 1.54) is 36.8 Å². The molecule has 3 aromatic rings. The summed E-state index contributed by atoms with van der Waals surface area (Å²) in [6.07, 6.45) is 5.81. The van der Waals surface area contributed by atoms with Crippen molar-refractivity contribution in [3.8, 4) is 11.1 Å². The molecule has 5 rings (SSSR count). The third-order valence-electron chi connectivity index (χ3n) is 5.09. The maximum Gasteiger partial charge on any atom is -1.00 e. The molecule has 0 fully saturated rings. The fourth-order valence-corrected chi connectivity index (χ4v) is 9.15. The van der Waals surface area contributed by atoms with Gasteiger partial charge in [-0.25, -0.2) is 0 Å². The molecule has 0 N–H and O–H groups in total. The molecule has 1 unspecified atom stereocenters. The summed E-state index contributed by atoms with van der Waals surface area (Å²) in [6, 6.07) is 20.1. The molecule has 2 aliphatic carbocycles. The van der Waals surface area contributed by atoms with Gasteiger partial charge in [0.1, 0.15) is 0 Å². The van der Waals surface area contributed by atoms with Crippen LogP contribution in [0.25, 0.3) is 17.2 Å². The SMILES string of the molecule is Brc1ccc2c(c1)Cc1c-2ccc(Br)[c]1[Zr+2][CH]1C=Cc2ccccc21.[Cl-].[Cl-]. The smallest absolute Gasteiger partial charge is 1.00 e. The molecule has 2 aliphatic rings. The van der Waals surface area contributed by atoms with E-state index in [0.717, 1.165) is 6.42 Å². The van der Waals surface area contributed by atoms with Crippen LogP contribution in [0.2, 0.25) is 0 Å². The molecule has 0 saturated carbocycles. The van der Waals surface area contributed by atoms with Crippen LogP contribution in [-0.4, -0.2) is 0 Å². The predicted octanol–water partition coefficient (Wildman–Crippen LogP) is 0.267. The molecule has 5 heteroatoms. The first-order valence-corrected chi connectivity index (χ1v) is 12.6. The van der Waals surface area contributed by atoms with Crippen LogP contribution in [-0.2, 0) is 29.7 Å². The summed E-state index contributed by atoms with van der Waals surface area (Å²) in [4.78, 5) is 0. The number of rotatable bonds is 2. The number of benzene rings is 3. The Morgan fingerprint density at radius 3 is 2.52 bits per heavy atom. The van der Waals surface area contributed by atoms with Crippen molar-refractivity contribution in [3.63, 3.8) is 0 Å². The maximum atomic E-state index is 3.87. The third-order valence-corrected chi connectivity index (χ3v) is 11.3. The summed E-state index contributed by atoms with van der Waals surface area (Å²) in [5, 5.41) is 0. The summed E-state index contributed by atoms with van der Waals surface area (Å²) < 4.78 is 4.74. The first kappa shape index (κ1) is 21.5. The van der Waals surface area contributed by atoms with Gasteiger partial charge in [-0.05, 0) is 0 Å². The Balaban J connectivity index is 0.00000105. The molecule has 0 heterocycles. The van der Waals surface area contributed by atoms with Gasteiger partial charge in [0.25, 0.3) is 0 Å². The van der Waals surface area contributed by atoms with Crippen molar-refractivity contribution in [2.75, 3.05) is 0 Å². The molecule has 27 heavy (non-hydrogen) atoms. The standard InChI is InChI=1S/C13H7Br2.C9H7.2ClH.Zr/c14-10-1-3-12-8(6-10)5-9-7-11(15)2-4-13(9)12;1-2-5-9-7-3-6-8(9)4-1;;;/h1-4,6H,5H2;1-7H;2*1H;/q;;;;+2/p-2. The summed E-state index contributed by atoms with van der Waals surface area (Å²) in [5.74, 6) is 0. The normalized spacial score (nSPS) is 15.1. The van der Waals surface area contributed by atoms with Crippen LogP contribution in [0.5, 0.6) is 0 Å². The van der Waals surface area contributed by atoms with Gasteiger partial charge in [-0.3, -0.25) is 0 Å². The first-order valence-electron chi connectivity index (χ1n) is 8.34. The van der Waals surface area contributed by atoms with Gasteiger partial charge in [0.05, 0.1) is 0 Å². The fraction of sp³-hybridized carbons (Fsp3) is 0.0909. The molecule has 1 atom stereocenters. The Morgan fingerprint density at radius 1 is 0.889 bits per heavy atom. The number of fused-ring (bicyclic) bond motifs is 4. The van der Waals surface area contributed by atoms with Crippen LogP contribution >= 0.6 is 31.9 Å². The molecule has 0 nitrogen and oxygen atoms in total. The molecule has 0 spiro atoms. The molecule has 0 amide bonds. The van der Waals surface area contributed by atoms with Gasteiger partial charge in [-0.1, -0.05) is 0 Å². The predicted molar refractivity (Wildman–Crippen MR) is 108 cm³/mol. The van der Waals surface area contributed by atoms with E-state index < -0.39 is 23.2 Å². The fourth-order valence-electron chi connectivity index (χ4n) is 3.90. The second-order valence-electron chi connectivity index (χ2n) is 6.54. The van der Waals surface area contributed by atoms with Gasteiger partial charge in [-0.2, -0.15) is 0 Å². The van der Waals surface area contributed by atoms with E-state index in [4.69, 9.17) is 0 Å². The van der Waals surface area contributed by atoms with Crippen molar-refractivity contribution >= 4 is 41.2 Å². The van der Waals surface area contributed by atoms with Gasteiger partial charge in [0, 0.05) is 0 Å². The summed E-state index contributed by atoms with van der Waals surface area (Å²) >= 11 is 6.69. The quantitative estimate of drug-likeness (QED) is 0.310. The molecule has 134 valence electrons. The average Bonchev–Trinajstić information content (AvgIpc) is 3.18. The van der Waals surface area contributed by atoms with Crippen LogP contribution in [0.4, 0.5) is 0 Å². The van der Waals surface area contributed by atoms with Crippen molar-refractivity contribution in [3.05, 3.63) is 91.9 Å². The van der Waals surface area contributed by atoms with E-state index in [2.05, 4.69) is 98.6 Å². The topological polar surface area (TPSA) is 0 Å². The largest absolute Gasteiger partial charge is 1.00 e. The van der Waals surface area contributed by atoms with Gasteiger partial charge in [0.2, 0.25) is 0 Å². The van der Waals surface area contributed by atoms with E-state index in [1.807, 2.05) is 0 Å². The third kappa shape index (κ3) is 3.83. The van der Waals surface area contributed by atoms with E-state index >= 15 is 0 Å². The second kappa shape index (κ2) is 8.68. The Bertz CT molecular complexity index is 1050. The van der Waals surface area contributed by atoms with Crippen molar-refractivity contribution in [2.24, 2.45) is 0 Å². The molecule has 0 aliphatic heterocycles. The molecule has 0 radical (unpaired) electrons. The van der Waals surface area contributed by atoms with E-state index in [9.17, 15) is 0 Å². The number of hydrogen-bond acceptors (Lipinski definition) is 0. The van der Waals surface area contributed by atoms with Crippen LogP contribution in [0.1, 0.15) is 25.9 Å². The Morgan fingerprint density at radius 2 is 1.67 bits per heavy atom. The minimum Gasteiger partial charge on any atom is -1.00 e. The first-order chi connectivity index (χ1) is 12.2. The Labute approximate surface area is 200 Å². The van der Waals surface area contributed by atoms with Crippen LogP contribution in [0, 0.1) is 0 Å². The zero-order chi connectivity index (χ0) is 17.0. The minimum atomic E-state index is -0.803. The second-order valence-corrected chi connectivity index (χ2v) is 11.8. The molecule has 3 aromatic carbocycles. The Kier molecular flexibility index (Phi) is 6.92. The summed E-state index contributed by atoms with van der Waals surface area (Å²) in [7, 11) is 0. The number of hydrogen-bond donors (Lipinski definition) is 0. The van der Waals surface area contributed by atoms with Gasteiger partial charge >= 0.3 is 177 Å². The monoisotopic (exact) mass is 596 g/mol. The van der Waals surface area contributed by atoms with Crippen molar-refractivity contribution in [1.82, 2.24) is 0 Å².